The van der Waals surface area contributed by atoms with Gasteiger partial charge >= 0.3 is 0 Å². The third-order valence-electron chi connectivity index (χ3n) is 4.89. The molecule has 0 radical (unpaired) electrons. The topological polar surface area (TPSA) is 56.8 Å². The van der Waals surface area contributed by atoms with Crippen molar-refractivity contribution in [2.75, 3.05) is 0 Å². The molecule has 0 heterocycles. The van der Waals surface area contributed by atoms with Crippen LogP contribution < -0.4 is 4.74 Å². The molecule has 6 heteroatoms. The zero-order chi connectivity index (χ0) is 22.7. The molecule has 4 aromatic rings. The molecule has 0 aliphatic rings. The van der Waals surface area contributed by atoms with E-state index in [2.05, 4.69) is 0 Å². The molecule has 0 aromatic heterocycles. The number of halogens is 3. The van der Waals surface area contributed by atoms with E-state index in [1.165, 1.54) is 12.1 Å². The van der Waals surface area contributed by atoms with Crippen molar-refractivity contribution in [3.05, 3.63) is 107 Å². The Bertz CT molecular complexity index is 1330. The van der Waals surface area contributed by atoms with Crippen LogP contribution in [0, 0.1) is 40.1 Å². The summed E-state index contributed by atoms with van der Waals surface area (Å²) in [6.45, 7) is 0. The van der Waals surface area contributed by atoms with Gasteiger partial charge in [0.15, 0.2) is 11.6 Å². The smallest absolute Gasteiger partial charge is 0.205 e. The van der Waals surface area contributed by atoms with Gasteiger partial charge in [0.05, 0.1) is 0 Å². The summed E-state index contributed by atoms with van der Waals surface area (Å²) in [5, 5.41) is 18.2. The van der Waals surface area contributed by atoms with Crippen molar-refractivity contribution in [1.29, 1.82) is 10.5 Å². The van der Waals surface area contributed by atoms with E-state index in [0.29, 0.717) is 22.3 Å². The molecule has 0 bridgehead atoms. The first-order valence-corrected chi connectivity index (χ1v) is 9.49. The highest BCUT2D eigenvalue weighted by Crippen LogP contribution is 2.43. The maximum Gasteiger partial charge on any atom is 0.205 e. The molecular formula is C26H13F3N2O. The van der Waals surface area contributed by atoms with Gasteiger partial charge in [0.2, 0.25) is 11.6 Å². The maximum absolute atomic E-state index is 15.0. The Labute approximate surface area is 182 Å². The molecule has 0 amide bonds. The first-order valence-electron chi connectivity index (χ1n) is 9.49. The van der Waals surface area contributed by atoms with Crippen LogP contribution in [0.3, 0.4) is 0 Å². The Morgan fingerprint density at radius 3 is 1.47 bits per heavy atom. The van der Waals surface area contributed by atoms with Gasteiger partial charge < -0.3 is 4.74 Å². The quantitative estimate of drug-likeness (QED) is 0.331. The van der Waals surface area contributed by atoms with E-state index in [9.17, 15) is 14.0 Å². The molecular weight excluding hydrogens is 413 g/mol. The van der Waals surface area contributed by atoms with E-state index < -0.39 is 34.3 Å². The third-order valence-corrected chi connectivity index (χ3v) is 4.89. The van der Waals surface area contributed by atoms with Crippen LogP contribution in [0.25, 0.3) is 22.3 Å². The second kappa shape index (κ2) is 8.67. The number of ether oxygens (including phenoxy) is 1. The average Bonchev–Trinajstić information content (AvgIpc) is 2.84. The van der Waals surface area contributed by atoms with Gasteiger partial charge in [-0.05, 0) is 11.1 Å². The van der Waals surface area contributed by atoms with E-state index in [-0.39, 0.29) is 5.75 Å². The molecule has 0 fully saturated rings. The van der Waals surface area contributed by atoms with Crippen LogP contribution in [0.4, 0.5) is 13.2 Å². The lowest BCUT2D eigenvalue weighted by molar-refractivity contribution is 0.386. The van der Waals surface area contributed by atoms with Crippen molar-refractivity contribution < 1.29 is 17.9 Å². The van der Waals surface area contributed by atoms with Gasteiger partial charge in [-0.15, -0.1) is 0 Å². The van der Waals surface area contributed by atoms with Gasteiger partial charge in [-0.3, -0.25) is 0 Å². The summed E-state index contributed by atoms with van der Waals surface area (Å²) >= 11 is 0. The standard InChI is InChI=1S/C26H13F3N2O/c27-22-20(14-30)21(15-31)23(28)26(24(22)29)32-25-18(16-8-3-1-4-9-16)12-7-13-19(25)17-10-5-2-6-11-17/h1-13H. The molecule has 0 saturated heterocycles. The minimum absolute atomic E-state index is 0.0793. The first kappa shape index (κ1) is 20.7. The first-order chi connectivity index (χ1) is 15.6. The molecule has 0 spiro atoms. The summed E-state index contributed by atoms with van der Waals surface area (Å²) in [5.41, 5.74) is 0.504. The minimum Gasteiger partial charge on any atom is -0.450 e. The SMILES string of the molecule is N#Cc1c(F)c(F)c(Oc2c(-c3ccccc3)cccc2-c2ccccc2)c(F)c1C#N. The summed E-state index contributed by atoms with van der Waals surface area (Å²) in [6, 6.07) is 25.9. The molecule has 0 unspecified atom stereocenters. The second-order valence-electron chi connectivity index (χ2n) is 6.76. The Kier molecular flexibility index (Phi) is 5.61. The largest absolute Gasteiger partial charge is 0.450 e. The molecule has 0 atom stereocenters. The van der Waals surface area contributed by atoms with Crippen molar-refractivity contribution in [2.45, 2.75) is 0 Å². The second-order valence-corrected chi connectivity index (χ2v) is 6.76. The highest BCUT2D eigenvalue weighted by molar-refractivity contribution is 5.83. The number of hydrogen-bond donors (Lipinski definition) is 0. The van der Waals surface area contributed by atoms with E-state index >= 15 is 4.39 Å². The number of nitriles is 2. The molecule has 0 N–H and O–H groups in total. The molecule has 32 heavy (non-hydrogen) atoms. The average molecular weight is 426 g/mol. The summed E-state index contributed by atoms with van der Waals surface area (Å²) in [6.07, 6.45) is 0. The van der Waals surface area contributed by atoms with Crippen LogP contribution >= 0.6 is 0 Å². The van der Waals surface area contributed by atoms with Crippen molar-refractivity contribution in [3.63, 3.8) is 0 Å². The number of rotatable bonds is 4. The molecule has 0 aliphatic carbocycles. The van der Waals surface area contributed by atoms with Crippen molar-refractivity contribution in [1.82, 2.24) is 0 Å². The van der Waals surface area contributed by atoms with Crippen LogP contribution in [0.1, 0.15) is 11.1 Å². The number of benzene rings is 4. The molecule has 4 aromatic carbocycles. The fourth-order valence-electron chi connectivity index (χ4n) is 3.38. The zero-order valence-electron chi connectivity index (χ0n) is 16.4. The summed E-state index contributed by atoms with van der Waals surface area (Å²) in [5.74, 6) is -5.77. The van der Waals surface area contributed by atoms with Crippen LogP contribution in [-0.2, 0) is 0 Å². The molecule has 0 saturated carbocycles. The number of para-hydroxylation sites is 1. The molecule has 4 rings (SSSR count). The lowest BCUT2D eigenvalue weighted by Crippen LogP contribution is -2.05. The Morgan fingerprint density at radius 1 is 0.531 bits per heavy atom. The van der Waals surface area contributed by atoms with E-state index in [4.69, 9.17) is 10.00 Å². The summed E-state index contributed by atoms with van der Waals surface area (Å²) in [7, 11) is 0. The Morgan fingerprint density at radius 2 is 1.00 bits per heavy atom. The monoisotopic (exact) mass is 426 g/mol. The van der Waals surface area contributed by atoms with Crippen molar-refractivity contribution >= 4 is 0 Å². The van der Waals surface area contributed by atoms with Crippen LogP contribution in [-0.4, -0.2) is 0 Å². The lowest BCUT2D eigenvalue weighted by Gasteiger charge is -2.18. The van der Waals surface area contributed by atoms with Crippen molar-refractivity contribution in [3.8, 4) is 45.9 Å². The highest BCUT2D eigenvalue weighted by Gasteiger charge is 2.28. The third kappa shape index (κ3) is 3.55. The predicted molar refractivity (Wildman–Crippen MR) is 113 cm³/mol. The minimum atomic E-state index is -1.68. The van der Waals surface area contributed by atoms with Gasteiger partial charge in [0, 0.05) is 11.1 Å². The van der Waals surface area contributed by atoms with Crippen molar-refractivity contribution in [2.24, 2.45) is 0 Å². The van der Waals surface area contributed by atoms with E-state index in [1.807, 2.05) is 12.1 Å². The van der Waals surface area contributed by atoms with Gasteiger partial charge in [-0.1, -0.05) is 78.9 Å². The van der Waals surface area contributed by atoms with E-state index in [0.717, 1.165) is 0 Å². The zero-order valence-corrected chi connectivity index (χ0v) is 16.4. The molecule has 154 valence electrons. The summed E-state index contributed by atoms with van der Waals surface area (Å²) in [4.78, 5) is 0. The fraction of sp³-hybridized carbons (Fsp3) is 0. The number of nitrogens with zero attached hydrogens (tertiary/aromatic N) is 2. The predicted octanol–water partition coefficient (Wildman–Crippen LogP) is 6.97. The van der Waals surface area contributed by atoms with Gasteiger partial charge in [0.25, 0.3) is 0 Å². The van der Waals surface area contributed by atoms with Crippen LogP contribution in [0.15, 0.2) is 78.9 Å². The van der Waals surface area contributed by atoms with Crippen LogP contribution in [0.5, 0.6) is 11.5 Å². The molecule has 3 nitrogen and oxygen atoms in total. The molecule has 0 aliphatic heterocycles. The summed E-state index contributed by atoms with van der Waals surface area (Å²) < 4.78 is 49.9. The lowest BCUT2D eigenvalue weighted by atomic mass is 9.97. The number of hydrogen-bond acceptors (Lipinski definition) is 3. The van der Waals surface area contributed by atoms with E-state index in [1.54, 1.807) is 66.7 Å². The Hall–Kier alpha value is -4.55. The van der Waals surface area contributed by atoms with Gasteiger partial charge in [-0.2, -0.15) is 14.9 Å². The normalized spacial score (nSPS) is 10.3. The Balaban J connectivity index is 2.00. The van der Waals surface area contributed by atoms with Gasteiger partial charge in [-0.25, -0.2) is 8.78 Å². The maximum atomic E-state index is 15.0. The highest BCUT2D eigenvalue weighted by atomic mass is 19.2. The fourth-order valence-corrected chi connectivity index (χ4v) is 3.38. The van der Waals surface area contributed by atoms with Crippen LogP contribution in [0.2, 0.25) is 0 Å². The van der Waals surface area contributed by atoms with Gasteiger partial charge in [0.1, 0.15) is 29.0 Å².